The average molecular weight is 335 g/mol. The van der Waals surface area contributed by atoms with Gasteiger partial charge in [-0.3, -0.25) is 0 Å². The minimum absolute atomic E-state index is 0.138. The van der Waals surface area contributed by atoms with Crippen molar-refractivity contribution in [2.24, 2.45) is 5.92 Å². The molecule has 1 aliphatic carbocycles. The largest absolute Gasteiger partial charge is 0.492 e. The standard InChI is InChI=1S/C14H16F3NO3S/c15-11-1-2-13-10(3-11)4-12(7-21-13)18-22(19,20)8-9-5-14(16,17)6-9/h1-3,9,12,18H,4-8H2/t12-/m1/s1. The molecule has 1 fully saturated rings. The number of halogens is 3. The predicted molar refractivity (Wildman–Crippen MR) is 74.0 cm³/mol. The van der Waals surface area contributed by atoms with E-state index in [1.165, 1.54) is 18.2 Å². The first-order valence-electron chi connectivity index (χ1n) is 7.01. The molecule has 3 rings (SSSR count). The highest BCUT2D eigenvalue weighted by Crippen LogP contribution is 2.42. The first-order chi connectivity index (χ1) is 10.2. The molecule has 1 saturated carbocycles. The molecule has 0 amide bonds. The van der Waals surface area contributed by atoms with E-state index in [2.05, 4.69) is 4.72 Å². The van der Waals surface area contributed by atoms with Gasteiger partial charge in [-0.05, 0) is 36.1 Å². The average Bonchev–Trinajstić information content (AvgIpc) is 2.34. The lowest BCUT2D eigenvalue weighted by atomic mass is 9.83. The van der Waals surface area contributed by atoms with E-state index in [1.54, 1.807) is 0 Å². The third kappa shape index (κ3) is 3.55. The molecule has 1 heterocycles. The Bertz CT molecular complexity index is 670. The molecular formula is C14H16F3NO3S. The molecule has 2 aliphatic rings. The van der Waals surface area contributed by atoms with Gasteiger partial charge >= 0.3 is 0 Å². The van der Waals surface area contributed by atoms with Crippen LogP contribution in [0.25, 0.3) is 0 Å². The monoisotopic (exact) mass is 335 g/mol. The first kappa shape index (κ1) is 15.6. The van der Waals surface area contributed by atoms with Gasteiger partial charge < -0.3 is 4.74 Å². The van der Waals surface area contributed by atoms with E-state index in [0.717, 1.165) is 0 Å². The van der Waals surface area contributed by atoms with Crippen molar-refractivity contribution in [3.05, 3.63) is 29.6 Å². The second kappa shape index (κ2) is 5.42. The summed E-state index contributed by atoms with van der Waals surface area (Å²) in [4.78, 5) is 0. The maximum Gasteiger partial charge on any atom is 0.248 e. The summed E-state index contributed by atoms with van der Waals surface area (Å²) in [6.07, 6.45) is -0.459. The number of hydrogen-bond donors (Lipinski definition) is 1. The second-order valence-electron chi connectivity index (χ2n) is 5.99. The fourth-order valence-electron chi connectivity index (χ4n) is 2.95. The minimum Gasteiger partial charge on any atom is -0.492 e. The second-order valence-corrected chi connectivity index (χ2v) is 7.79. The lowest BCUT2D eigenvalue weighted by Crippen LogP contribution is -2.47. The van der Waals surface area contributed by atoms with Crippen molar-refractivity contribution in [3.8, 4) is 5.75 Å². The Morgan fingerprint density at radius 3 is 2.73 bits per heavy atom. The highest BCUT2D eigenvalue weighted by atomic mass is 32.2. The van der Waals surface area contributed by atoms with E-state index < -0.39 is 33.7 Å². The molecule has 0 bridgehead atoms. The summed E-state index contributed by atoms with van der Waals surface area (Å²) in [6.45, 7) is 0.138. The van der Waals surface area contributed by atoms with Gasteiger partial charge in [0.05, 0.1) is 11.8 Å². The summed E-state index contributed by atoms with van der Waals surface area (Å²) in [7, 11) is -3.66. The molecule has 1 aromatic carbocycles. The van der Waals surface area contributed by atoms with Gasteiger partial charge in [0.1, 0.15) is 18.2 Å². The van der Waals surface area contributed by atoms with Gasteiger partial charge in [0, 0.05) is 12.8 Å². The Hall–Kier alpha value is -1.28. The molecule has 22 heavy (non-hydrogen) atoms. The number of sulfonamides is 1. The van der Waals surface area contributed by atoms with Gasteiger partial charge in [0.25, 0.3) is 0 Å². The Morgan fingerprint density at radius 1 is 1.32 bits per heavy atom. The molecular weight excluding hydrogens is 319 g/mol. The van der Waals surface area contributed by atoms with Crippen LogP contribution in [-0.2, 0) is 16.4 Å². The van der Waals surface area contributed by atoms with E-state index >= 15 is 0 Å². The van der Waals surface area contributed by atoms with Crippen LogP contribution in [0.1, 0.15) is 18.4 Å². The molecule has 0 unspecified atom stereocenters. The van der Waals surface area contributed by atoms with Gasteiger partial charge in [0.15, 0.2) is 0 Å². The van der Waals surface area contributed by atoms with Gasteiger partial charge in [0.2, 0.25) is 15.9 Å². The Morgan fingerprint density at radius 2 is 2.05 bits per heavy atom. The van der Waals surface area contributed by atoms with Gasteiger partial charge in [-0.1, -0.05) is 0 Å². The smallest absolute Gasteiger partial charge is 0.248 e. The lowest BCUT2D eigenvalue weighted by molar-refractivity contribution is -0.103. The van der Waals surface area contributed by atoms with Crippen LogP contribution in [0.15, 0.2) is 18.2 Å². The molecule has 4 nitrogen and oxygen atoms in total. The Kier molecular flexibility index (Phi) is 3.84. The van der Waals surface area contributed by atoms with E-state index in [1.807, 2.05) is 0 Å². The van der Waals surface area contributed by atoms with Crippen molar-refractivity contribution in [2.45, 2.75) is 31.2 Å². The van der Waals surface area contributed by atoms with Crippen molar-refractivity contribution >= 4 is 10.0 Å². The van der Waals surface area contributed by atoms with Crippen molar-refractivity contribution < 1.29 is 26.3 Å². The number of nitrogens with one attached hydrogen (secondary N) is 1. The number of ether oxygens (including phenoxy) is 1. The van der Waals surface area contributed by atoms with E-state index in [9.17, 15) is 21.6 Å². The van der Waals surface area contributed by atoms with Crippen LogP contribution in [0.4, 0.5) is 13.2 Å². The normalized spacial score (nSPS) is 24.2. The van der Waals surface area contributed by atoms with Crippen molar-refractivity contribution in [2.75, 3.05) is 12.4 Å². The van der Waals surface area contributed by atoms with E-state index in [-0.39, 0.29) is 25.2 Å². The summed E-state index contributed by atoms with van der Waals surface area (Å²) >= 11 is 0. The maximum absolute atomic E-state index is 13.2. The summed E-state index contributed by atoms with van der Waals surface area (Å²) in [6, 6.07) is 3.58. The van der Waals surface area contributed by atoms with Crippen LogP contribution in [0.3, 0.4) is 0 Å². The lowest BCUT2D eigenvalue weighted by Gasteiger charge is -2.35. The molecule has 0 saturated heterocycles. The van der Waals surface area contributed by atoms with Crippen LogP contribution in [0.5, 0.6) is 5.75 Å². The molecule has 8 heteroatoms. The summed E-state index contributed by atoms with van der Waals surface area (Å²) in [5.41, 5.74) is 0.592. The molecule has 0 aromatic heterocycles. The summed E-state index contributed by atoms with van der Waals surface area (Å²) < 4.78 is 70.6. The van der Waals surface area contributed by atoms with Crippen LogP contribution >= 0.6 is 0 Å². The fraction of sp³-hybridized carbons (Fsp3) is 0.571. The molecule has 1 atom stereocenters. The van der Waals surface area contributed by atoms with Crippen molar-refractivity contribution in [1.82, 2.24) is 4.72 Å². The molecule has 122 valence electrons. The highest BCUT2D eigenvalue weighted by molar-refractivity contribution is 7.89. The summed E-state index contributed by atoms with van der Waals surface area (Å²) in [5.74, 6) is -3.43. The number of rotatable bonds is 4. The first-order valence-corrected chi connectivity index (χ1v) is 8.67. The molecule has 1 aliphatic heterocycles. The number of fused-ring (bicyclic) bond motifs is 1. The highest BCUT2D eigenvalue weighted by Gasteiger charge is 2.46. The van der Waals surface area contributed by atoms with E-state index in [0.29, 0.717) is 17.7 Å². The van der Waals surface area contributed by atoms with Gasteiger partial charge in [-0.25, -0.2) is 26.3 Å². The van der Waals surface area contributed by atoms with Crippen LogP contribution in [-0.4, -0.2) is 32.7 Å². The molecule has 0 radical (unpaired) electrons. The van der Waals surface area contributed by atoms with Gasteiger partial charge in [-0.2, -0.15) is 0 Å². The van der Waals surface area contributed by atoms with Crippen LogP contribution < -0.4 is 9.46 Å². The number of hydrogen-bond acceptors (Lipinski definition) is 3. The van der Waals surface area contributed by atoms with Crippen LogP contribution in [0, 0.1) is 11.7 Å². The van der Waals surface area contributed by atoms with Crippen molar-refractivity contribution in [3.63, 3.8) is 0 Å². The molecule has 1 aromatic rings. The molecule has 1 N–H and O–H groups in total. The van der Waals surface area contributed by atoms with E-state index in [4.69, 9.17) is 4.74 Å². The Labute approximate surface area is 126 Å². The summed E-state index contributed by atoms with van der Waals surface area (Å²) in [5, 5.41) is 0. The third-order valence-electron chi connectivity index (χ3n) is 3.90. The SMILES string of the molecule is O=S(=O)(CC1CC(F)(F)C1)N[C@H]1COc2ccc(F)cc2C1. The van der Waals surface area contributed by atoms with Crippen molar-refractivity contribution in [1.29, 1.82) is 0 Å². The number of alkyl halides is 2. The topological polar surface area (TPSA) is 55.4 Å². The fourth-order valence-corrected chi connectivity index (χ4v) is 4.57. The predicted octanol–water partition coefficient (Wildman–Crippen LogP) is 2.09. The zero-order valence-electron chi connectivity index (χ0n) is 11.7. The minimum atomic E-state index is -3.66. The zero-order chi connectivity index (χ0) is 16.0. The maximum atomic E-state index is 13.2. The van der Waals surface area contributed by atoms with Gasteiger partial charge in [-0.15, -0.1) is 0 Å². The third-order valence-corrected chi connectivity index (χ3v) is 5.51. The van der Waals surface area contributed by atoms with Crippen LogP contribution in [0.2, 0.25) is 0 Å². The quantitative estimate of drug-likeness (QED) is 0.917. The Balaban J connectivity index is 1.59. The number of benzene rings is 1. The molecule has 0 spiro atoms. The zero-order valence-corrected chi connectivity index (χ0v) is 12.5.